The molecule has 0 aromatic rings. The molecule has 0 aliphatic heterocycles. The minimum Gasteiger partial charge on any atom is -0.480 e. The number of carbonyl (C=O) groups is 7. The van der Waals surface area contributed by atoms with E-state index in [0.717, 1.165) is 9.80 Å². The van der Waals surface area contributed by atoms with Gasteiger partial charge in [0, 0.05) is 19.5 Å². The molecule has 0 aromatic carbocycles. The van der Waals surface area contributed by atoms with Crippen LogP contribution in [0.1, 0.15) is 13.3 Å². The lowest BCUT2D eigenvalue weighted by molar-refractivity contribution is -0.146. The Hall–Kier alpha value is -3.75. The molecule has 0 aromatic heterocycles. The second kappa shape index (κ2) is 16.0. The van der Waals surface area contributed by atoms with Crippen molar-refractivity contribution >= 4 is 41.5 Å². The van der Waals surface area contributed by atoms with Gasteiger partial charge in [-0.25, -0.2) is 0 Å². The first-order valence-corrected chi connectivity index (χ1v) is 9.93. The van der Waals surface area contributed by atoms with Crippen LogP contribution >= 0.6 is 0 Å². The summed E-state index contributed by atoms with van der Waals surface area (Å²) in [6, 6.07) is 0. The van der Waals surface area contributed by atoms with E-state index < -0.39 is 74.2 Å². The first kappa shape index (κ1) is 29.2. The highest BCUT2D eigenvalue weighted by Gasteiger charge is 2.21. The van der Waals surface area contributed by atoms with Crippen molar-refractivity contribution in [1.29, 1.82) is 0 Å². The van der Waals surface area contributed by atoms with Crippen LogP contribution in [-0.2, 0) is 33.6 Å². The predicted octanol–water partition coefficient (Wildman–Crippen LogP) is -4.21. The average Bonchev–Trinajstić information content (AvgIpc) is 2.73. The summed E-state index contributed by atoms with van der Waals surface area (Å²) in [5.74, 6) is -5.72. The number of likely N-dealkylation sites (N-methyl/N-ethyl adjacent to an activating group) is 1. The second-order valence-corrected chi connectivity index (χ2v) is 6.65. The molecule has 0 unspecified atom stereocenters. The zero-order valence-corrected chi connectivity index (χ0v) is 18.5. The van der Waals surface area contributed by atoms with Crippen molar-refractivity contribution in [2.45, 2.75) is 13.3 Å². The van der Waals surface area contributed by atoms with E-state index in [2.05, 4.69) is 21.3 Å². The van der Waals surface area contributed by atoms with Gasteiger partial charge in [-0.05, 0) is 7.05 Å². The molecule has 0 radical (unpaired) electrons. The van der Waals surface area contributed by atoms with Crippen LogP contribution in [0.4, 0.5) is 0 Å². The minimum atomic E-state index is -1.34. The lowest BCUT2D eigenvalue weighted by Gasteiger charge is -2.21. The largest absolute Gasteiger partial charge is 0.480 e. The number of nitrogens with one attached hydrogen (secondary N) is 4. The SMILES string of the molecule is CCC(=O)NCC(=O)N(CC(=O)O)CC(=O)NCCNC(=O)CN(CC(=O)O)C(=O)CNC. The number of amides is 5. The van der Waals surface area contributed by atoms with Gasteiger partial charge in [0.1, 0.15) is 26.2 Å². The van der Waals surface area contributed by atoms with E-state index in [0.29, 0.717) is 0 Å². The van der Waals surface area contributed by atoms with Crippen LogP contribution in [0.5, 0.6) is 0 Å². The quantitative estimate of drug-likeness (QED) is 0.119. The molecule has 0 spiro atoms. The molecular formula is C18H30N6O9. The standard InChI is InChI=1S/C18H30N6O9/c1-3-12(25)22-7-16(29)24(11-18(32)33)9-14(27)21-5-4-20-13(26)8-23(10-17(30)31)15(28)6-19-2/h19H,3-11H2,1-2H3,(H,20,26)(H,21,27)(H,22,25)(H,30,31)(H,32,33). The van der Waals surface area contributed by atoms with Crippen molar-refractivity contribution in [1.82, 2.24) is 31.1 Å². The fourth-order valence-electron chi connectivity index (χ4n) is 2.33. The average molecular weight is 474 g/mol. The second-order valence-electron chi connectivity index (χ2n) is 6.65. The van der Waals surface area contributed by atoms with Gasteiger partial charge in [0.15, 0.2) is 0 Å². The van der Waals surface area contributed by atoms with Gasteiger partial charge in [0.05, 0.1) is 13.1 Å². The molecular weight excluding hydrogens is 444 g/mol. The van der Waals surface area contributed by atoms with E-state index in [1.54, 1.807) is 6.92 Å². The Morgan fingerprint density at radius 1 is 0.636 bits per heavy atom. The lowest BCUT2D eigenvalue weighted by atomic mass is 10.3. The zero-order chi connectivity index (χ0) is 25.4. The molecule has 0 aliphatic carbocycles. The molecule has 0 aliphatic rings. The highest BCUT2D eigenvalue weighted by Crippen LogP contribution is 1.92. The van der Waals surface area contributed by atoms with Crippen molar-refractivity contribution in [3.63, 3.8) is 0 Å². The van der Waals surface area contributed by atoms with E-state index >= 15 is 0 Å². The normalized spacial score (nSPS) is 10.0. The van der Waals surface area contributed by atoms with E-state index in [1.807, 2.05) is 0 Å². The number of hydrogen-bond acceptors (Lipinski definition) is 8. The van der Waals surface area contributed by atoms with Gasteiger partial charge in [-0.1, -0.05) is 6.92 Å². The maximum atomic E-state index is 12.1. The van der Waals surface area contributed by atoms with Crippen molar-refractivity contribution in [3.8, 4) is 0 Å². The molecule has 33 heavy (non-hydrogen) atoms. The number of carbonyl (C=O) groups excluding carboxylic acids is 5. The Bertz CT molecular complexity index is 743. The smallest absolute Gasteiger partial charge is 0.323 e. The highest BCUT2D eigenvalue weighted by atomic mass is 16.4. The fourth-order valence-corrected chi connectivity index (χ4v) is 2.33. The Kier molecular flexibility index (Phi) is 14.1. The summed E-state index contributed by atoms with van der Waals surface area (Å²) in [4.78, 5) is 82.5. The molecule has 0 atom stereocenters. The van der Waals surface area contributed by atoms with Gasteiger partial charge in [-0.15, -0.1) is 0 Å². The molecule has 0 saturated heterocycles. The Balaban J connectivity index is 4.54. The number of carboxylic acid groups (broad SMARTS) is 2. The molecule has 0 fully saturated rings. The summed E-state index contributed by atoms with van der Waals surface area (Å²) >= 11 is 0. The lowest BCUT2D eigenvalue weighted by Crippen LogP contribution is -2.48. The summed E-state index contributed by atoms with van der Waals surface area (Å²) in [5.41, 5.74) is 0. The van der Waals surface area contributed by atoms with Crippen LogP contribution in [0.15, 0.2) is 0 Å². The van der Waals surface area contributed by atoms with Gasteiger partial charge < -0.3 is 41.3 Å². The number of hydrogen-bond donors (Lipinski definition) is 6. The Morgan fingerprint density at radius 3 is 1.42 bits per heavy atom. The molecule has 6 N–H and O–H groups in total. The van der Waals surface area contributed by atoms with Crippen molar-refractivity contribution in [3.05, 3.63) is 0 Å². The summed E-state index contributed by atoms with van der Waals surface area (Å²) in [6.45, 7) is -1.64. The van der Waals surface area contributed by atoms with Crippen molar-refractivity contribution in [2.24, 2.45) is 0 Å². The van der Waals surface area contributed by atoms with Crippen LogP contribution in [0.3, 0.4) is 0 Å². The highest BCUT2D eigenvalue weighted by molar-refractivity contribution is 5.90. The van der Waals surface area contributed by atoms with Gasteiger partial charge in [0.25, 0.3) is 0 Å². The molecule has 5 amide bonds. The van der Waals surface area contributed by atoms with Gasteiger partial charge in [-0.2, -0.15) is 0 Å². The third-order valence-electron chi connectivity index (χ3n) is 3.88. The summed E-state index contributed by atoms with van der Waals surface area (Å²) in [7, 11) is 1.49. The fraction of sp³-hybridized carbons (Fsp3) is 0.611. The van der Waals surface area contributed by atoms with E-state index in [9.17, 15) is 33.6 Å². The maximum absolute atomic E-state index is 12.1. The maximum Gasteiger partial charge on any atom is 0.323 e. The molecule has 15 heteroatoms. The van der Waals surface area contributed by atoms with Crippen molar-refractivity contribution < 1.29 is 43.8 Å². The molecule has 15 nitrogen and oxygen atoms in total. The van der Waals surface area contributed by atoms with Crippen LogP contribution in [-0.4, -0.2) is 121 Å². The van der Waals surface area contributed by atoms with Crippen molar-refractivity contribution in [2.75, 3.05) is 59.4 Å². The summed E-state index contributed by atoms with van der Waals surface area (Å²) in [6.07, 6.45) is 0.135. The third-order valence-corrected chi connectivity index (χ3v) is 3.88. The van der Waals surface area contributed by atoms with Crippen LogP contribution in [0.25, 0.3) is 0 Å². The molecule has 186 valence electrons. The number of rotatable bonds is 16. The van der Waals surface area contributed by atoms with Gasteiger partial charge in [0.2, 0.25) is 29.5 Å². The van der Waals surface area contributed by atoms with Crippen LogP contribution in [0.2, 0.25) is 0 Å². The minimum absolute atomic E-state index is 0.0643. The van der Waals surface area contributed by atoms with Gasteiger partial charge in [-0.3, -0.25) is 33.6 Å². The molecule has 0 rings (SSSR count). The Labute approximate surface area is 189 Å². The molecule has 0 heterocycles. The molecule has 0 bridgehead atoms. The monoisotopic (exact) mass is 474 g/mol. The van der Waals surface area contributed by atoms with Crippen LogP contribution < -0.4 is 21.3 Å². The first-order valence-electron chi connectivity index (χ1n) is 9.93. The molecule has 0 saturated carbocycles. The Morgan fingerprint density at radius 2 is 1.06 bits per heavy atom. The first-order chi connectivity index (χ1) is 15.5. The van der Waals surface area contributed by atoms with Gasteiger partial charge >= 0.3 is 11.9 Å². The third kappa shape index (κ3) is 14.0. The number of carboxylic acids is 2. The summed E-state index contributed by atoms with van der Waals surface area (Å²) in [5, 5.41) is 27.4. The van der Waals surface area contributed by atoms with Crippen LogP contribution in [0, 0.1) is 0 Å². The van der Waals surface area contributed by atoms with E-state index in [4.69, 9.17) is 10.2 Å². The van der Waals surface area contributed by atoms with E-state index in [-0.39, 0.29) is 26.1 Å². The summed E-state index contributed by atoms with van der Waals surface area (Å²) < 4.78 is 0. The number of nitrogens with zero attached hydrogens (tertiary/aromatic N) is 2. The van der Waals surface area contributed by atoms with E-state index in [1.165, 1.54) is 7.05 Å². The number of aliphatic carboxylic acids is 2. The zero-order valence-electron chi connectivity index (χ0n) is 18.5. The predicted molar refractivity (Wildman–Crippen MR) is 112 cm³/mol. The topological polar surface area (TPSA) is 215 Å².